The van der Waals surface area contributed by atoms with Crippen LogP contribution in [0.4, 0.5) is 5.69 Å². The fraction of sp³-hybridized carbons (Fsp3) is 0.441. The van der Waals surface area contributed by atoms with Crippen LogP contribution in [0, 0.1) is 6.42 Å². The summed E-state index contributed by atoms with van der Waals surface area (Å²) in [7, 11) is 0. The van der Waals surface area contributed by atoms with Gasteiger partial charge in [0.25, 0.3) is 5.91 Å². The van der Waals surface area contributed by atoms with Crippen molar-refractivity contribution in [3.63, 3.8) is 0 Å². The molecule has 1 radical (unpaired) electrons. The molecule has 5 rings (SSSR count). The zero-order valence-corrected chi connectivity index (χ0v) is 23.8. The maximum Gasteiger partial charge on any atom is 0.251 e. The van der Waals surface area contributed by atoms with Crippen LogP contribution >= 0.6 is 0 Å². The van der Waals surface area contributed by atoms with Gasteiger partial charge in [-0.1, -0.05) is 51.1 Å². The number of hydrogen-bond donors (Lipinski definition) is 2. The van der Waals surface area contributed by atoms with Gasteiger partial charge in [0.1, 0.15) is 6.10 Å². The lowest BCUT2D eigenvalue weighted by molar-refractivity contribution is -0.140. The molecule has 1 aromatic heterocycles. The van der Waals surface area contributed by atoms with Crippen molar-refractivity contribution in [2.45, 2.75) is 84.3 Å². The summed E-state index contributed by atoms with van der Waals surface area (Å²) in [4.78, 5) is 19.1. The third-order valence-corrected chi connectivity index (χ3v) is 8.65. The van der Waals surface area contributed by atoms with Crippen LogP contribution in [-0.2, 0) is 24.1 Å². The molecule has 2 atom stereocenters. The number of nitrogens with one attached hydrogen (secondary N) is 1. The van der Waals surface area contributed by atoms with E-state index in [9.17, 15) is 9.90 Å². The Hall–Kier alpha value is -3.18. The van der Waals surface area contributed by atoms with Gasteiger partial charge in [-0.2, -0.15) is 0 Å². The molecule has 0 spiro atoms. The number of pyridine rings is 1. The first-order chi connectivity index (χ1) is 18.9. The van der Waals surface area contributed by atoms with Crippen LogP contribution in [0.5, 0.6) is 0 Å². The second kappa shape index (κ2) is 11.9. The molecule has 1 amide bonds. The first kappa shape index (κ1) is 27.4. The van der Waals surface area contributed by atoms with E-state index in [-0.39, 0.29) is 11.9 Å². The van der Waals surface area contributed by atoms with Crippen molar-refractivity contribution in [2.24, 2.45) is 0 Å². The van der Waals surface area contributed by atoms with E-state index in [0.29, 0.717) is 19.0 Å². The summed E-state index contributed by atoms with van der Waals surface area (Å²) in [5, 5.41) is 13.6. The smallest absolute Gasteiger partial charge is 0.251 e. The number of carbonyl (C=O) groups excluding carboxylic acids is 1. The van der Waals surface area contributed by atoms with Crippen LogP contribution in [0.25, 0.3) is 11.3 Å². The summed E-state index contributed by atoms with van der Waals surface area (Å²) in [6.07, 6.45) is 7.13. The molecule has 3 aromatic rings. The largest absolute Gasteiger partial charge is 0.384 e. The summed E-state index contributed by atoms with van der Waals surface area (Å²) < 4.78 is 0. The SMILES string of the molecule is C[CH]c1ccc(CC)c(-c2cccc3c2C(Nc2ccc(C4CCN(C(=O)[C@H](C)O)CC4)c(CC)c2)CC3)n1. The number of aliphatic hydroxyl groups is 1. The molecule has 39 heavy (non-hydrogen) atoms. The van der Waals surface area contributed by atoms with Gasteiger partial charge in [0, 0.05) is 36.5 Å². The van der Waals surface area contributed by atoms with Gasteiger partial charge in [0.15, 0.2) is 0 Å². The lowest BCUT2D eigenvalue weighted by Crippen LogP contribution is -2.42. The minimum Gasteiger partial charge on any atom is -0.384 e. The third-order valence-electron chi connectivity index (χ3n) is 8.65. The van der Waals surface area contributed by atoms with Crippen molar-refractivity contribution in [3.8, 4) is 11.3 Å². The monoisotopic (exact) mass is 524 g/mol. The Balaban J connectivity index is 1.38. The number of fused-ring (bicyclic) bond motifs is 1. The van der Waals surface area contributed by atoms with E-state index >= 15 is 0 Å². The molecule has 0 saturated carbocycles. The molecule has 2 aliphatic rings. The number of aliphatic hydroxyl groups excluding tert-OH is 1. The molecule has 2 N–H and O–H groups in total. The fourth-order valence-electron chi connectivity index (χ4n) is 6.50. The Kier molecular flexibility index (Phi) is 8.37. The minimum absolute atomic E-state index is 0.152. The van der Waals surface area contributed by atoms with Crippen LogP contribution in [0.3, 0.4) is 0 Å². The third kappa shape index (κ3) is 5.60. The predicted molar refractivity (Wildman–Crippen MR) is 159 cm³/mol. The van der Waals surface area contributed by atoms with Crippen LogP contribution < -0.4 is 5.32 Å². The number of amides is 1. The maximum atomic E-state index is 12.2. The Morgan fingerprint density at radius 2 is 1.85 bits per heavy atom. The molecule has 5 heteroatoms. The molecular formula is C34H42N3O2. The Morgan fingerprint density at radius 1 is 1.08 bits per heavy atom. The Labute approximate surface area is 233 Å². The van der Waals surface area contributed by atoms with Crippen molar-refractivity contribution >= 4 is 11.6 Å². The molecule has 1 aliphatic heterocycles. The number of anilines is 1. The maximum absolute atomic E-state index is 12.2. The molecule has 2 heterocycles. The molecular weight excluding hydrogens is 482 g/mol. The molecule has 1 aliphatic carbocycles. The zero-order chi connectivity index (χ0) is 27.5. The first-order valence-corrected chi connectivity index (χ1v) is 14.7. The van der Waals surface area contributed by atoms with Gasteiger partial charge in [0.05, 0.1) is 11.7 Å². The lowest BCUT2D eigenvalue weighted by atomic mass is 9.85. The molecule has 205 valence electrons. The molecule has 2 aromatic carbocycles. The summed E-state index contributed by atoms with van der Waals surface area (Å²) in [5.74, 6) is 0.299. The zero-order valence-electron chi connectivity index (χ0n) is 23.8. The van der Waals surface area contributed by atoms with E-state index in [1.807, 2.05) is 11.8 Å². The van der Waals surface area contributed by atoms with E-state index in [4.69, 9.17) is 4.98 Å². The van der Waals surface area contributed by atoms with Crippen LogP contribution in [0.15, 0.2) is 48.5 Å². The average Bonchev–Trinajstić information content (AvgIpc) is 3.39. The average molecular weight is 525 g/mol. The highest BCUT2D eigenvalue weighted by Crippen LogP contribution is 2.42. The van der Waals surface area contributed by atoms with Crippen molar-refractivity contribution in [3.05, 3.63) is 88.5 Å². The summed E-state index contributed by atoms with van der Waals surface area (Å²) in [6.45, 7) is 9.46. The van der Waals surface area contributed by atoms with E-state index in [1.54, 1.807) is 6.92 Å². The Morgan fingerprint density at radius 3 is 2.54 bits per heavy atom. The van der Waals surface area contributed by atoms with Gasteiger partial charge in [-0.15, -0.1) is 0 Å². The quantitative estimate of drug-likeness (QED) is 0.347. The number of likely N-dealkylation sites (tertiary alicyclic amines) is 1. The van der Waals surface area contributed by atoms with Crippen molar-refractivity contribution in [1.82, 2.24) is 9.88 Å². The van der Waals surface area contributed by atoms with Gasteiger partial charge >= 0.3 is 0 Å². The summed E-state index contributed by atoms with van der Waals surface area (Å²) >= 11 is 0. The van der Waals surface area contributed by atoms with E-state index < -0.39 is 6.10 Å². The minimum atomic E-state index is -0.919. The molecule has 1 fully saturated rings. The highest BCUT2D eigenvalue weighted by Gasteiger charge is 2.29. The molecule has 0 bridgehead atoms. The highest BCUT2D eigenvalue weighted by atomic mass is 16.3. The number of benzene rings is 2. The van der Waals surface area contributed by atoms with Gasteiger partial charge in [-0.3, -0.25) is 9.78 Å². The molecule has 1 unspecified atom stereocenters. The normalized spacial score (nSPS) is 18.2. The van der Waals surface area contributed by atoms with Crippen molar-refractivity contribution in [1.29, 1.82) is 0 Å². The number of aromatic nitrogens is 1. The highest BCUT2D eigenvalue weighted by molar-refractivity contribution is 5.80. The van der Waals surface area contributed by atoms with E-state index in [1.165, 1.54) is 39.1 Å². The standard InChI is InChI=1S/C34H42N3O2/c1-5-23-11-13-27(7-3)36-33(23)30-10-8-9-26-12-16-31(32(26)30)35-28-14-15-29(24(6-2)21-28)25-17-19-37(20-18-25)34(39)22(4)38/h7-11,13-15,21-22,25,31,35,38H,5-6,12,16-20H2,1-4H3/t22-,31?/m0/s1. The number of nitrogens with zero attached hydrogens (tertiary/aromatic N) is 2. The second-order valence-corrected chi connectivity index (χ2v) is 11.0. The topological polar surface area (TPSA) is 65.5 Å². The number of carbonyl (C=O) groups is 1. The van der Waals surface area contributed by atoms with Gasteiger partial charge in [-0.25, -0.2) is 0 Å². The van der Waals surface area contributed by atoms with E-state index in [2.05, 4.69) is 74.1 Å². The number of aryl methyl sites for hydroxylation is 3. The predicted octanol–water partition coefficient (Wildman–Crippen LogP) is 6.63. The number of piperidine rings is 1. The molecule has 5 nitrogen and oxygen atoms in total. The van der Waals surface area contributed by atoms with Crippen molar-refractivity contribution in [2.75, 3.05) is 18.4 Å². The van der Waals surface area contributed by atoms with Crippen LogP contribution in [0.1, 0.15) is 92.4 Å². The second-order valence-electron chi connectivity index (χ2n) is 11.0. The Bertz CT molecular complexity index is 1320. The van der Waals surface area contributed by atoms with Gasteiger partial charge < -0.3 is 15.3 Å². The van der Waals surface area contributed by atoms with E-state index in [0.717, 1.165) is 49.9 Å². The van der Waals surface area contributed by atoms with Crippen LogP contribution in [-0.4, -0.2) is 40.1 Å². The van der Waals surface area contributed by atoms with Gasteiger partial charge in [-0.05, 0) is 97.4 Å². The fourth-order valence-corrected chi connectivity index (χ4v) is 6.50. The van der Waals surface area contributed by atoms with Crippen LogP contribution in [0.2, 0.25) is 0 Å². The summed E-state index contributed by atoms with van der Waals surface area (Å²) in [6, 6.07) is 18.2. The molecule has 1 saturated heterocycles. The van der Waals surface area contributed by atoms with Gasteiger partial charge in [0.2, 0.25) is 0 Å². The van der Waals surface area contributed by atoms with Crippen molar-refractivity contribution < 1.29 is 9.90 Å². The first-order valence-electron chi connectivity index (χ1n) is 14.7. The summed E-state index contributed by atoms with van der Waals surface area (Å²) in [5.41, 5.74) is 11.5. The number of hydrogen-bond acceptors (Lipinski definition) is 4. The number of rotatable bonds is 8. The lowest BCUT2D eigenvalue weighted by Gasteiger charge is -2.34.